The van der Waals surface area contributed by atoms with Gasteiger partial charge in [0.1, 0.15) is 0 Å². The average molecular weight is 352 g/mol. The van der Waals surface area contributed by atoms with Gasteiger partial charge in [-0.25, -0.2) is 14.2 Å². The molecule has 2 heterocycles. The van der Waals surface area contributed by atoms with Crippen LogP contribution in [0.4, 0.5) is 11.4 Å². The van der Waals surface area contributed by atoms with Crippen molar-refractivity contribution in [2.75, 3.05) is 5.01 Å². The van der Waals surface area contributed by atoms with Crippen LogP contribution in [0.1, 0.15) is 0 Å². The highest BCUT2D eigenvalue weighted by Crippen LogP contribution is 2.25. The molecular formula is C22H16N4O. The van der Waals surface area contributed by atoms with Crippen molar-refractivity contribution in [3.63, 3.8) is 0 Å². The van der Waals surface area contributed by atoms with Crippen LogP contribution in [0.2, 0.25) is 0 Å². The Kier molecular flexibility index (Phi) is 3.50. The topological polar surface area (TPSA) is 42.5 Å². The molecule has 0 saturated heterocycles. The van der Waals surface area contributed by atoms with Crippen LogP contribution in [0.25, 0.3) is 16.4 Å². The van der Waals surface area contributed by atoms with Crippen molar-refractivity contribution in [2.45, 2.75) is 0 Å². The molecule has 5 nitrogen and oxygen atoms in total. The highest BCUT2D eigenvalue weighted by atomic mass is 16.2. The lowest BCUT2D eigenvalue weighted by molar-refractivity contribution is 0.673. The van der Waals surface area contributed by atoms with Gasteiger partial charge in [0.2, 0.25) is 0 Å². The van der Waals surface area contributed by atoms with E-state index in [1.165, 1.54) is 4.79 Å². The van der Waals surface area contributed by atoms with Crippen LogP contribution in [-0.2, 0) is 0 Å². The normalized spacial score (nSPS) is 11.1. The number of para-hydroxylation sites is 2. The van der Waals surface area contributed by atoms with Crippen LogP contribution in [-0.4, -0.2) is 14.3 Å². The van der Waals surface area contributed by atoms with Gasteiger partial charge < -0.3 is 0 Å². The molecule has 0 aliphatic carbocycles. The molecule has 0 radical (unpaired) electrons. The van der Waals surface area contributed by atoms with Gasteiger partial charge in [0, 0.05) is 11.6 Å². The highest BCUT2D eigenvalue weighted by molar-refractivity contribution is 5.93. The third kappa shape index (κ3) is 2.48. The second-order valence-corrected chi connectivity index (χ2v) is 6.25. The maximum atomic E-state index is 13.2. The van der Waals surface area contributed by atoms with E-state index in [2.05, 4.69) is 5.10 Å². The third-order valence-corrected chi connectivity index (χ3v) is 4.59. The fraction of sp³-hybridized carbons (Fsp3) is 0. The predicted molar refractivity (Wildman–Crippen MR) is 107 cm³/mol. The van der Waals surface area contributed by atoms with Gasteiger partial charge >= 0.3 is 5.69 Å². The van der Waals surface area contributed by atoms with E-state index in [9.17, 15) is 4.79 Å². The Hall–Kier alpha value is -3.86. The summed E-state index contributed by atoms with van der Waals surface area (Å²) in [7, 11) is 0. The Balaban J connectivity index is 1.82. The van der Waals surface area contributed by atoms with Crippen LogP contribution < -0.4 is 10.7 Å². The van der Waals surface area contributed by atoms with Gasteiger partial charge in [-0.15, -0.1) is 9.89 Å². The lowest BCUT2D eigenvalue weighted by Crippen LogP contribution is -2.35. The molecule has 0 spiro atoms. The predicted octanol–water partition coefficient (Wildman–Crippen LogP) is 4.25. The molecule has 5 heteroatoms. The fourth-order valence-electron chi connectivity index (χ4n) is 3.32. The minimum absolute atomic E-state index is 0.219. The molecule has 130 valence electrons. The number of benzene rings is 3. The number of aromatic nitrogens is 3. The molecule has 0 aliphatic heterocycles. The van der Waals surface area contributed by atoms with E-state index in [-0.39, 0.29) is 5.69 Å². The van der Waals surface area contributed by atoms with Gasteiger partial charge in [-0.2, -0.15) is 0 Å². The van der Waals surface area contributed by atoms with E-state index in [1.807, 2.05) is 96.0 Å². The number of hydrogen-bond donors (Lipinski definition) is 0. The smallest absolute Gasteiger partial charge is 0.248 e. The summed E-state index contributed by atoms with van der Waals surface area (Å²) in [5.41, 5.74) is 2.13. The van der Waals surface area contributed by atoms with Gasteiger partial charge in [0.15, 0.2) is 5.65 Å². The van der Waals surface area contributed by atoms with Crippen molar-refractivity contribution in [1.29, 1.82) is 0 Å². The zero-order valence-corrected chi connectivity index (χ0v) is 14.4. The molecule has 2 aromatic heterocycles. The SMILES string of the molecule is O=c1n(N(c2ccccc2)c2ccccc2)nc2c3ccccc3ccn12. The largest absolute Gasteiger partial charge is 0.370 e. The molecule has 0 atom stereocenters. The molecule has 0 saturated carbocycles. The van der Waals surface area contributed by atoms with Gasteiger partial charge in [0.05, 0.1) is 11.4 Å². The quantitative estimate of drug-likeness (QED) is 0.487. The molecule has 0 amide bonds. The van der Waals surface area contributed by atoms with Crippen LogP contribution in [0.3, 0.4) is 0 Å². The van der Waals surface area contributed by atoms with Crippen LogP contribution in [0.15, 0.2) is 102 Å². The number of hydrogen-bond acceptors (Lipinski definition) is 3. The number of pyridine rings is 1. The minimum Gasteiger partial charge on any atom is -0.248 e. The van der Waals surface area contributed by atoms with Crippen LogP contribution in [0.5, 0.6) is 0 Å². The average Bonchev–Trinajstić information content (AvgIpc) is 3.07. The molecule has 5 aromatic rings. The fourth-order valence-corrected chi connectivity index (χ4v) is 3.32. The monoisotopic (exact) mass is 352 g/mol. The van der Waals surface area contributed by atoms with E-state index >= 15 is 0 Å². The summed E-state index contributed by atoms with van der Waals surface area (Å²) in [6, 6.07) is 29.4. The Morgan fingerprint density at radius 1 is 0.704 bits per heavy atom. The first-order valence-corrected chi connectivity index (χ1v) is 8.72. The van der Waals surface area contributed by atoms with Crippen LogP contribution in [0, 0.1) is 0 Å². The summed E-state index contributed by atoms with van der Waals surface area (Å²) in [5.74, 6) is 0. The van der Waals surface area contributed by atoms with Gasteiger partial charge in [-0.1, -0.05) is 60.7 Å². The Bertz CT molecular complexity index is 1250. The minimum atomic E-state index is -0.219. The van der Waals surface area contributed by atoms with Gasteiger partial charge in [-0.05, 0) is 35.7 Å². The Labute approximate surface area is 155 Å². The summed E-state index contributed by atoms with van der Waals surface area (Å²) < 4.78 is 1.58. The highest BCUT2D eigenvalue weighted by Gasteiger charge is 2.18. The van der Waals surface area contributed by atoms with Gasteiger partial charge in [0.25, 0.3) is 0 Å². The molecule has 5 rings (SSSR count). The first-order valence-electron chi connectivity index (χ1n) is 8.72. The van der Waals surface area contributed by atoms with E-state index in [0.717, 1.165) is 22.1 Å². The summed E-state index contributed by atoms with van der Waals surface area (Å²) in [6.45, 7) is 0. The summed E-state index contributed by atoms with van der Waals surface area (Å²) in [6.07, 6.45) is 1.78. The molecule has 27 heavy (non-hydrogen) atoms. The van der Waals surface area contributed by atoms with E-state index < -0.39 is 0 Å². The lowest BCUT2D eigenvalue weighted by Gasteiger charge is -2.23. The van der Waals surface area contributed by atoms with Crippen molar-refractivity contribution >= 4 is 27.8 Å². The van der Waals surface area contributed by atoms with Gasteiger partial charge in [-0.3, -0.25) is 0 Å². The van der Waals surface area contributed by atoms with Crippen molar-refractivity contribution in [1.82, 2.24) is 14.3 Å². The zero-order chi connectivity index (χ0) is 18.2. The molecule has 0 unspecified atom stereocenters. The first kappa shape index (κ1) is 15.4. The number of fused-ring (bicyclic) bond motifs is 3. The number of nitrogens with zero attached hydrogens (tertiary/aromatic N) is 4. The van der Waals surface area contributed by atoms with Crippen molar-refractivity contribution in [3.8, 4) is 0 Å². The lowest BCUT2D eigenvalue weighted by atomic mass is 10.2. The van der Waals surface area contributed by atoms with E-state index in [4.69, 9.17) is 0 Å². The molecular weight excluding hydrogens is 336 g/mol. The zero-order valence-electron chi connectivity index (χ0n) is 14.4. The second-order valence-electron chi connectivity index (χ2n) is 6.25. The molecule has 0 bridgehead atoms. The summed E-state index contributed by atoms with van der Waals surface area (Å²) in [5, 5.41) is 8.50. The Morgan fingerprint density at radius 3 is 1.96 bits per heavy atom. The molecule has 3 aromatic carbocycles. The third-order valence-electron chi connectivity index (χ3n) is 4.59. The second kappa shape index (κ2) is 6.14. The molecule has 0 fully saturated rings. The number of anilines is 2. The van der Waals surface area contributed by atoms with Crippen LogP contribution >= 0.6 is 0 Å². The van der Waals surface area contributed by atoms with Crippen molar-refractivity contribution in [3.05, 3.63) is 108 Å². The summed E-state index contributed by atoms with van der Waals surface area (Å²) >= 11 is 0. The van der Waals surface area contributed by atoms with Crippen molar-refractivity contribution < 1.29 is 0 Å². The van der Waals surface area contributed by atoms with E-state index in [0.29, 0.717) is 5.65 Å². The first-order chi connectivity index (χ1) is 13.3. The maximum absolute atomic E-state index is 13.2. The molecule has 0 N–H and O–H groups in total. The standard InChI is InChI=1S/C22H16N4O/c27-22-24-16-15-17-9-7-8-14-20(17)21(24)23-26(22)25(18-10-3-1-4-11-18)19-12-5-2-6-13-19/h1-16H. The van der Waals surface area contributed by atoms with E-state index in [1.54, 1.807) is 10.6 Å². The maximum Gasteiger partial charge on any atom is 0.370 e. The molecule has 0 aliphatic rings. The van der Waals surface area contributed by atoms with Crippen molar-refractivity contribution in [2.24, 2.45) is 0 Å². The number of rotatable bonds is 3. The summed E-state index contributed by atoms with van der Waals surface area (Å²) in [4.78, 5) is 14.6. The Morgan fingerprint density at radius 2 is 1.30 bits per heavy atom.